The largest absolute Gasteiger partial charge is 0.497 e. The Morgan fingerprint density at radius 2 is 1.62 bits per heavy atom. The van der Waals surface area contributed by atoms with E-state index in [1.165, 1.54) is 19.9 Å². The summed E-state index contributed by atoms with van der Waals surface area (Å²) in [6.07, 6.45) is 6.05. The summed E-state index contributed by atoms with van der Waals surface area (Å²) in [4.78, 5) is 34.1. The maximum Gasteiger partial charge on any atom is 0.330 e. The van der Waals surface area contributed by atoms with Crippen molar-refractivity contribution in [3.05, 3.63) is 54.1 Å². The molecule has 0 bridgehead atoms. The van der Waals surface area contributed by atoms with E-state index in [0.717, 1.165) is 5.56 Å². The van der Waals surface area contributed by atoms with Crippen LogP contribution in [0.4, 0.5) is 0 Å². The minimum atomic E-state index is -0.549. The topological polar surface area (TPSA) is 88.1 Å². The first-order valence-electron chi connectivity index (χ1n) is 9.34. The molecule has 2 atom stereocenters. The van der Waals surface area contributed by atoms with Gasteiger partial charge in [-0.2, -0.15) is 0 Å². The van der Waals surface area contributed by atoms with Gasteiger partial charge in [-0.3, -0.25) is 9.59 Å². The molecule has 0 N–H and O–H groups in total. The standard InChI is InChI=1S/C22H28O7/c1-5-27-22(25)11-7-9-20(28-16(2)23)8-6-10-21(29-17(3)24)18-12-14-19(26-4)15-13-18/h6-8,11-15,20-21H,5,9-10H2,1-4H3/b8-6+,11-7+. The lowest BCUT2D eigenvalue weighted by molar-refractivity contribution is -0.146. The van der Waals surface area contributed by atoms with E-state index in [1.807, 2.05) is 12.1 Å². The second-order valence-electron chi connectivity index (χ2n) is 6.07. The highest BCUT2D eigenvalue weighted by Crippen LogP contribution is 2.24. The van der Waals surface area contributed by atoms with E-state index >= 15 is 0 Å². The van der Waals surface area contributed by atoms with E-state index in [9.17, 15) is 14.4 Å². The maximum atomic E-state index is 11.5. The molecule has 0 saturated heterocycles. The number of ether oxygens (including phenoxy) is 4. The van der Waals surface area contributed by atoms with E-state index in [-0.39, 0.29) is 0 Å². The molecule has 0 amide bonds. The Bertz CT molecular complexity index is 719. The quantitative estimate of drug-likeness (QED) is 0.241. The second kappa shape index (κ2) is 13.1. The number of hydrogen-bond donors (Lipinski definition) is 0. The molecule has 1 aromatic rings. The van der Waals surface area contributed by atoms with Crippen LogP contribution in [0, 0.1) is 0 Å². The first-order valence-corrected chi connectivity index (χ1v) is 9.34. The van der Waals surface area contributed by atoms with Gasteiger partial charge in [0.1, 0.15) is 18.0 Å². The van der Waals surface area contributed by atoms with Gasteiger partial charge < -0.3 is 18.9 Å². The molecule has 0 saturated carbocycles. The van der Waals surface area contributed by atoms with E-state index in [2.05, 4.69) is 0 Å². The monoisotopic (exact) mass is 404 g/mol. The van der Waals surface area contributed by atoms with Crippen LogP contribution in [0.25, 0.3) is 0 Å². The molecular weight excluding hydrogens is 376 g/mol. The molecule has 0 aliphatic heterocycles. The third-order valence-electron chi connectivity index (χ3n) is 3.72. The molecule has 0 radical (unpaired) electrons. The van der Waals surface area contributed by atoms with Crippen LogP contribution in [-0.4, -0.2) is 37.7 Å². The molecule has 7 nitrogen and oxygen atoms in total. The maximum absolute atomic E-state index is 11.5. The van der Waals surface area contributed by atoms with Gasteiger partial charge in [0.05, 0.1) is 13.7 Å². The van der Waals surface area contributed by atoms with E-state index in [1.54, 1.807) is 44.4 Å². The SMILES string of the molecule is CCOC(=O)/C=C/CC(/C=C/CC(OC(C)=O)c1ccc(OC)cc1)OC(C)=O. The molecular formula is C22H28O7. The van der Waals surface area contributed by atoms with Crippen LogP contribution in [0.5, 0.6) is 5.75 Å². The van der Waals surface area contributed by atoms with Gasteiger partial charge in [-0.05, 0) is 30.7 Å². The lowest BCUT2D eigenvalue weighted by Gasteiger charge is -2.17. The number of carbonyl (C=O) groups excluding carboxylic acids is 3. The number of methoxy groups -OCH3 is 1. The van der Waals surface area contributed by atoms with Crippen LogP contribution in [0.15, 0.2) is 48.6 Å². The van der Waals surface area contributed by atoms with Gasteiger partial charge in [0, 0.05) is 32.8 Å². The summed E-state index contributed by atoms with van der Waals surface area (Å²) >= 11 is 0. The first kappa shape index (κ1) is 23.9. The summed E-state index contributed by atoms with van der Waals surface area (Å²) in [5.74, 6) is -0.578. The fourth-order valence-electron chi connectivity index (χ4n) is 2.49. The van der Waals surface area contributed by atoms with E-state index < -0.39 is 30.1 Å². The number of hydrogen-bond acceptors (Lipinski definition) is 7. The van der Waals surface area contributed by atoms with Crippen LogP contribution in [-0.2, 0) is 28.6 Å². The van der Waals surface area contributed by atoms with Crippen molar-refractivity contribution in [2.45, 2.75) is 45.8 Å². The van der Waals surface area contributed by atoms with Gasteiger partial charge in [0.2, 0.25) is 0 Å². The van der Waals surface area contributed by atoms with Crippen LogP contribution in [0.3, 0.4) is 0 Å². The van der Waals surface area contributed by atoms with Gasteiger partial charge >= 0.3 is 17.9 Å². The molecule has 0 aliphatic carbocycles. The van der Waals surface area contributed by atoms with Crippen molar-refractivity contribution < 1.29 is 33.3 Å². The van der Waals surface area contributed by atoms with Crippen molar-refractivity contribution in [1.29, 1.82) is 0 Å². The van der Waals surface area contributed by atoms with Crippen LogP contribution >= 0.6 is 0 Å². The molecule has 7 heteroatoms. The van der Waals surface area contributed by atoms with Crippen molar-refractivity contribution >= 4 is 17.9 Å². The predicted molar refractivity (Wildman–Crippen MR) is 107 cm³/mol. The zero-order valence-electron chi connectivity index (χ0n) is 17.3. The smallest absolute Gasteiger partial charge is 0.330 e. The number of rotatable bonds is 11. The molecule has 2 unspecified atom stereocenters. The lowest BCUT2D eigenvalue weighted by Crippen LogP contribution is -2.13. The highest BCUT2D eigenvalue weighted by molar-refractivity contribution is 5.81. The molecule has 0 heterocycles. The summed E-state index contributed by atoms with van der Waals surface area (Å²) in [6.45, 7) is 4.68. The summed E-state index contributed by atoms with van der Waals surface area (Å²) in [6, 6.07) is 7.23. The second-order valence-corrected chi connectivity index (χ2v) is 6.07. The average Bonchev–Trinajstić information content (AvgIpc) is 2.66. The first-order chi connectivity index (χ1) is 13.8. The molecule has 158 valence electrons. The molecule has 1 aromatic carbocycles. The van der Waals surface area contributed by atoms with E-state index in [0.29, 0.717) is 25.2 Å². The summed E-state index contributed by atoms with van der Waals surface area (Å²) in [7, 11) is 1.58. The number of esters is 3. The fraction of sp³-hybridized carbons (Fsp3) is 0.409. The Kier molecular flexibility index (Phi) is 10.9. The summed E-state index contributed by atoms with van der Waals surface area (Å²) < 4.78 is 20.6. The van der Waals surface area contributed by atoms with Crippen molar-refractivity contribution in [3.8, 4) is 5.75 Å². The third kappa shape index (κ3) is 10.1. The summed E-state index contributed by atoms with van der Waals surface area (Å²) in [5.41, 5.74) is 0.817. The van der Waals surface area contributed by atoms with Gasteiger partial charge in [0.15, 0.2) is 0 Å². The summed E-state index contributed by atoms with van der Waals surface area (Å²) in [5, 5.41) is 0. The minimum absolute atomic E-state index is 0.291. The Balaban J connectivity index is 2.80. The molecule has 29 heavy (non-hydrogen) atoms. The van der Waals surface area contributed by atoms with Crippen molar-refractivity contribution in [2.75, 3.05) is 13.7 Å². The molecule has 0 fully saturated rings. The van der Waals surface area contributed by atoms with Crippen molar-refractivity contribution in [2.24, 2.45) is 0 Å². The van der Waals surface area contributed by atoms with Crippen LogP contribution in [0.2, 0.25) is 0 Å². The molecule has 0 spiro atoms. The highest BCUT2D eigenvalue weighted by Gasteiger charge is 2.14. The zero-order chi connectivity index (χ0) is 21.6. The van der Waals surface area contributed by atoms with Gasteiger partial charge in [-0.1, -0.05) is 24.3 Å². The fourth-order valence-corrected chi connectivity index (χ4v) is 2.49. The normalized spacial score (nSPS) is 13.1. The van der Waals surface area contributed by atoms with Crippen LogP contribution < -0.4 is 4.74 Å². The van der Waals surface area contributed by atoms with Gasteiger partial charge in [-0.25, -0.2) is 4.79 Å². The number of carbonyl (C=O) groups is 3. The molecule has 0 aliphatic rings. The zero-order valence-corrected chi connectivity index (χ0v) is 17.3. The lowest BCUT2D eigenvalue weighted by atomic mass is 10.1. The average molecular weight is 404 g/mol. The molecule has 0 aromatic heterocycles. The molecule has 1 rings (SSSR count). The highest BCUT2D eigenvalue weighted by atomic mass is 16.5. The van der Waals surface area contributed by atoms with Gasteiger partial charge in [0.25, 0.3) is 0 Å². The Labute approximate surface area is 171 Å². The van der Waals surface area contributed by atoms with Crippen molar-refractivity contribution in [3.63, 3.8) is 0 Å². The van der Waals surface area contributed by atoms with Crippen molar-refractivity contribution in [1.82, 2.24) is 0 Å². The van der Waals surface area contributed by atoms with E-state index in [4.69, 9.17) is 18.9 Å². The Morgan fingerprint density at radius 3 is 2.17 bits per heavy atom. The minimum Gasteiger partial charge on any atom is -0.497 e. The number of benzene rings is 1. The van der Waals surface area contributed by atoms with Gasteiger partial charge in [-0.15, -0.1) is 0 Å². The predicted octanol–water partition coefficient (Wildman–Crippen LogP) is 3.69. The van der Waals surface area contributed by atoms with Crippen LogP contribution in [0.1, 0.15) is 45.3 Å². The third-order valence-corrected chi connectivity index (χ3v) is 3.72. The Morgan fingerprint density at radius 1 is 0.966 bits per heavy atom. The Hall–Kier alpha value is -3.09.